The molecule has 4 nitrogen and oxygen atoms in total. The van der Waals surface area contributed by atoms with Crippen molar-refractivity contribution in [2.24, 2.45) is 0 Å². The van der Waals surface area contributed by atoms with Gasteiger partial charge in [0.15, 0.2) is 5.78 Å². The number of hydrogen-bond donors (Lipinski definition) is 1. The highest BCUT2D eigenvalue weighted by atomic mass is 16.2. The van der Waals surface area contributed by atoms with Gasteiger partial charge in [0.1, 0.15) is 6.54 Å². The van der Waals surface area contributed by atoms with Crippen LogP contribution in [0.3, 0.4) is 0 Å². The molecule has 1 aromatic heterocycles. The fourth-order valence-electron chi connectivity index (χ4n) is 2.61. The zero-order valence-electron chi connectivity index (χ0n) is 12.2. The van der Waals surface area contributed by atoms with E-state index >= 15 is 0 Å². The Kier molecular flexibility index (Phi) is 3.52. The van der Waals surface area contributed by atoms with Gasteiger partial charge in [0.25, 0.3) is 0 Å². The summed E-state index contributed by atoms with van der Waals surface area (Å²) in [6, 6.07) is 1.92. The SMILES string of the molecule is Cc1cc2c(n1CC(=O)NC(C)(C)C)CCCC2=O. The maximum atomic E-state index is 12.0. The van der Waals surface area contributed by atoms with E-state index < -0.39 is 0 Å². The fourth-order valence-corrected chi connectivity index (χ4v) is 2.61. The number of ketones is 1. The molecular formula is C15H22N2O2. The molecule has 0 spiro atoms. The van der Waals surface area contributed by atoms with Crippen molar-refractivity contribution in [1.29, 1.82) is 0 Å². The van der Waals surface area contributed by atoms with E-state index in [0.717, 1.165) is 29.8 Å². The van der Waals surface area contributed by atoms with Crippen LogP contribution in [0, 0.1) is 6.92 Å². The Morgan fingerprint density at radius 1 is 1.37 bits per heavy atom. The summed E-state index contributed by atoms with van der Waals surface area (Å²) in [4.78, 5) is 23.9. The number of aryl methyl sites for hydroxylation is 1. The molecule has 0 unspecified atom stereocenters. The number of aromatic nitrogens is 1. The largest absolute Gasteiger partial charge is 0.350 e. The van der Waals surface area contributed by atoms with Crippen molar-refractivity contribution in [1.82, 2.24) is 9.88 Å². The Morgan fingerprint density at radius 3 is 2.68 bits per heavy atom. The molecule has 1 aliphatic rings. The first-order valence-electron chi connectivity index (χ1n) is 6.81. The Bertz CT molecular complexity index is 521. The average Bonchev–Trinajstić information content (AvgIpc) is 2.55. The summed E-state index contributed by atoms with van der Waals surface area (Å²) in [6.07, 6.45) is 2.40. The number of amides is 1. The van der Waals surface area contributed by atoms with E-state index in [1.807, 2.05) is 38.3 Å². The highest BCUT2D eigenvalue weighted by molar-refractivity contribution is 5.98. The van der Waals surface area contributed by atoms with Crippen molar-refractivity contribution < 1.29 is 9.59 Å². The molecular weight excluding hydrogens is 240 g/mol. The van der Waals surface area contributed by atoms with Gasteiger partial charge in [0, 0.05) is 28.9 Å². The normalized spacial score (nSPS) is 15.3. The zero-order chi connectivity index (χ0) is 14.2. The van der Waals surface area contributed by atoms with Crippen LogP contribution in [0.1, 0.15) is 55.4 Å². The van der Waals surface area contributed by atoms with Crippen LogP contribution in [0.15, 0.2) is 6.07 Å². The molecule has 0 saturated carbocycles. The summed E-state index contributed by atoms with van der Waals surface area (Å²) in [5.41, 5.74) is 2.60. The molecule has 1 N–H and O–H groups in total. The van der Waals surface area contributed by atoms with Crippen molar-refractivity contribution in [3.8, 4) is 0 Å². The molecule has 0 aromatic carbocycles. The molecule has 0 radical (unpaired) electrons. The number of carbonyl (C=O) groups is 2. The smallest absolute Gasteiger partial charge is 0.240 e. The molecule has 1 amide bonds. The van der Waals surface area contributed by atoms with Crippen molar-refractivity contribution in [2.45, 2.75) is 59.0 Å². The molecule has 0 aliphatic heterocycles. The quantitative estimate of drug-likeness (QED) is 0.888. The summed E-state index contributed by atoms with van der Waals surface area (Å²) in [5.74, 6) is 0.200. The number of nitrogens with one attached hydrogen (secondary N) is 1. The predicted octanol–water partition coefficient (Wildman–Crippen LogP) is 2.23. The lowest BCUT2D eigenvalue weighted by Crippen LogP contribution is -2.42. The molecule has 1 aromatic rings. The number of fused-ring (bicyclic) bond motifs is 1. The van der Waals surface area contributed by atoms with E-state index in [1.165, 1.54) is 0 Å². The van der Waals surface area contributed by atoms with Crippen LogP contribution in [-0.4, -0.2) is 21.8 Å². The third kappa shape index (κ3) is 3.06. The van der Waals surface area contributed by atoms with Gasteiger partial charge in [-0.1, -0.05) is 0 Å². The maximum absolute atomic E-state index is 12.0. The third-order valence-electron chi connectivity index (χ3n) is 3.35. The summed E-state index contributed by atoms with van der Waals surface area (Å²) < 4.78 is 1.98. The predicted molar refractivity (Wildman–Crippen MR) is 74.3 cm³/mol. The van der Waals surface area contributed by atoms with Crippen LogP contribution >= 0.6 is 0 Å². The Balaban J connectivity index is 2.22. The van der Waals surface area contributed by atoms with Crippen molar-refractivity contribution in [3.63, 3.8) is 0 Å². The van der Waals surface area contributed by atoms with E-state index in [4.69, 9.17) is 0 Å². The van der Waals surface area contributed by atoms with Crippen molar-refractivity contribution in [3.05, 3.63) is 23.0 Å². The van der Waals surface area contributed by atoms with Gasteiger partial charge in [0.05, 0.1) is 0 Å². The van der Waals surface area contributed by atoms with Gasteiger partial charge in [-0.2, -0.15) is 0 Å². The fraction of sp³-hybridized carbons (Fsp3) is 0.600. The summed E-state index contributed by atoms with van der Waals surface area (Å²) in [5, 5.41) is 2.96. The molecule has 104 valence electrons. The topological polar surface area (TPSA) is 51.1 Å². The van der Waals surface area contributed by atoms with Crippen molar-refractivity contribution in [2.75, 3.05) is 0 Å². The van der Waals surface area contributed by atoms with E-state index in [-0.39, 0.29) is 17.2 Å². The lowest BCUT2D eigenvalue weighted by Gasteiger charge is -2.22. The van der Waals surface area contributed by atoms with E-state index in [2.05, 4.69) is 5.32 Å². The van der Waals surface area contributed by atoms with Gasteiger partial charge >= 0.3 is 0 Å². The number of nitrogens with zero attached hydrogens (tertiary/aromatic N) is 1. The summed E-state index contributed by atoms with van der Waals surface area (Å²) in [6.45, 7) is 8.15. The van der Waals surface area contributed by atoms with E-state index in [1.54, 1.807) is 0 Å². The van der Waals surface area contributed by atoms with Gasteiger partial charge in [0.2, 0.25) is 5.91 Å². The number of hydrogen-bond acceptors (Lipinski definition) is 2. The van der Waals surface area contributed by atoms with Gasteiger partial charge in [-0.25, -0.2) is 0 Å². The first-order valence-corrected chi connectivity index (χ1v) is 6.81. The van der Waals surface area contributed by atoms with Gasteiger partial charge in [-0.15, -0.1) is 0 Å². The lowest BCUT2D eigenvalue weighted by molar-refractivity contribution is -0.123. The molecule has 2 rings (SSSR count). The Morgan fingerprint density at radius 2 is 2.05 bits per heavy atom. The molecule has 1 heterocycles. The maximum Gasteiger partial charge on any atom is 0.240 e. The van der Waals surface area contributed by atoms with E-state index in [9.17, 15) is 9.59 Å². The standard InChI is InChI=1S/C15H22N2O2/c1-10-8-11-12(6-5-7-13(11)18)17(10)9-14(19)16-15(2,3)4/h8H,5-7,9H2,1-4H3,(H,16,19). The monoisotopic (exact) mass is 262 g/mol. The van der Waals surface area contributed by atoms with Crippen LogP contribution in [0.2, 0.25) is 0 Å². The van der Waals surface area contributed by atoms with Crippen LogP contribution < -0.4 is 5.32 Å². The second kappa shape index (κ2) is 4.83. The molecule has 4 heteroatoms. The van der Waals surface area contributed by atoms with Gasteiger partial charge in [-0.05, 0) is 46.6 Å². The van der Waals surface area contributed by atoms with Crippen LogP contribution in [0.4, 0.5) is 0 Å². The Labute approximate surface area is 114 Å². The van der Waals surface area contributed by atoms with E-state index in [0.29, 0.717) is 13.0 Å². The minimum Gasteiger partial charge on any atom is -0.350 e. The van der Waals surface area contributed by atoms with Gasteiger partial charge < -0.3 is 9.88 Å². The minimum absolute atomic E-state index is 0.00739. The first-order chi connectivity index (χ1) is 8.78. The zero-order valence-corrected chi connectivity index (χ0v) is 12.2. The highest BCUT2D eigenvalue weighted by Gasteiger charge is 2.24. The summed E-state index contributed by atoms with van der Waals surface area (Å²) in [7, 11) is 0. The first kappa shape index (κ1) is 13.8. The average molecular weight is 262 g/mol. The number of carbonyl (C=O) groups excluding carboxylic acids is 2. The minimum atomic E-state index is -0.228. The summed E-state index contributed by atoms with van der Waals surface area (Å²) >= 11 is 0. The number of Topliss-reactive ketones (excluding diaryl/α,β-unsaturated/α-hetero) is 1. The molecule has 0 bridgehead atoms. The van der Waals surface area contributed by atoms with Crippen LogP contribution in [-0.2, 0) is 17.8 Å². The molecule has 0 fully saturated rings. The van der Waals surface area contributed by atoms with Crippen molar-refractivity contribution >= 4 is 11.7 Å². The lowest BCUT2D eigenvalue weighted by atomic mass is 9.97. The molecule has 0 atom stereocenters. The second-order valence-corrected chi connectivity index (χ2v) is 6.31. The Hall–Kier alpha value is -1.58. The third-order valence-corrected chi connectivity index (χ3v) is 3.35. The highest BCUT2D eigenvalue weighted by Crippen LogP contribution is 2.24. The molecule has 1 aliphatic carbocycles. The second-order valence-electron chi connectivity index (χ2n) is 6.31. The van der Waals surface area contributed by atoms with Crippen LogP contribution in [0.5, 0.6) is 0 Å². The number of rotatable bonds is 2. The van der Waals surface area contributed by atoms with Crippen LogP contribution in [0.25, 0.3) is 0 Å². The van der Waals surface area contributed by atoms with Gasteiger partial charge in [-0.3, -0.25) is 9.59 Å². The molecule has 19 heavy (non-hydrogen) atoms. The molecule has 0 saturated heterocycles.